The lowest BCUT2D eigenvalue weighted by molar-refractivity contribution is -0.153. The molecule has 2 aromatic carbocycles. The number of halogens is 6. The quantitative estimate of drug-likeness (QED) is 0.484. The molecule has 1 aliphatic rings. The second-order valence-corrected chi connectivity index (χ2v) is 7.83. The maximum Gasteiger partial charge on any atom is 0.422 e. The number of alkyl halides is 3. The first-order chi connectivity index (χ1) is 16.5. The molecule has 7 nitrogen and oxygen atoms in total. The summed E-state index contributed by atoms with van der Waals surface area (Å²) < 4.78 is 88.1. The summed E-state index contributed by atoms with van der Waals surface area (Å²) in [7, 11) is 0. The summed E-state index contributed by atoms with van der Waals surface area (Å²) >= 11 is 0. The molecule has 13 heteroatoms. The molecule has 0 saturated heterocycles. The van der Waals surface area contributed by atoms with Crippen LogP contribution in [0.5, 0.6) is 5.75 Å². The van der Waals surface area contributed by atoms with Gasteiger partial charge in [-0.05, 0) is 38.0 Å². The number of amides is 1. The van der Waals surface area contributed by atoms with Crippen LogP contribution >= 0.6 is 0 Å². The SMILES string of the molecule is CCn1c(C2CC2)nn(-c2cc(OCC(F)(F)F)c(C(=O)Nc3c(F)cccc3F)cc2F)c1=O. The van der Waals surface area contributed by atoms with Gasteiger partial charge in [0.2, 0.25) is 0 Å². The minimum absolute atomic E-state index is 0.00799. The monoisotopic (exact) mass is 500 g/mol. The highest BCUT2D eigenvalue weighted by atomic mass is 19.4. The van der Waals surface area contributed by atoms with E-state index in [9.17, 15) is 31.5 Å². The molecular formula is C22H18F6N4O3. The summed E-state index contributed by atoms with van der Waals surface area (Å²) in [6.45, 7) is 0.0687. The van der Waals surface area contributed by atoms with Gasteiger partial charge in [0.05, 0.1) is 5.56 Å². The molecule has 0 bridgehead atoms. The molecule has 1 amide bonds. The fourth-order valence-electron chi connectivity index (χ4n) is 3.47. The van der Waals surface area contributed by atoms with Crippen LogP contribution in [0.4, 0.5) is 32.0 Å². The van der Waals surface area contributed by atoms with Crippen molar-refractivity contribution in [2.24, 2.45) is 0 Å². The second kappa shape index (κ2) is 9.12. The fourth-order valence-corrected chi connectivity index (χ4v) is 3.47. The predicted octanol–water partition coefficient (Wildman–Crippen LogP) is 4.54. The highest BCUT2D eigenvalue weighted by molar-refractivity contribution is 6.06. The molecule has 0 aliphatic heterocycles. The number of benzene rings is 2. The topological polar surface area (TPSA) is 78.2 Å². The van der Waals surface area contributed by atoms with Crippen LogP contribution in [0.1, 0.15) is 41.9 Å². The lowest BCUT2D eigenvalue weighted by Crippen LogP contribution is -2.25. The van der Waals surface area contributed by atoms with Gasteiger partial charge in [-0.3, -0.25) is 9.36 Å². The molecule has 186 valence electrons. The molecule has 4 rings (SSSR count). The van der Waals surface area contributed by atoms with E-state index in [4.69, 9.17) is 4.74 Å². The number of carbonyl (C=O) groups excluding carboxylic acids is 1. The highest BCUT2D eigenvalue weighted by Gasteiger charge is 2.33. The van der Waals surface area contributed by atoms with Gasteiger partial charge in [0.15, 0.2) is 6.61 Å². The van der Waals surface area contributed by atoms with Crippen molar-refractivity contribution in [1.29, 1.82) is 0 Å². The third-order valence-corrected chi connectivity index (χ3v) is 5.26. The molecule has 35 heavy (non-hydrogen) atoms. The Morgan fingerprint density at radius 2 is 1.80 bits per heavy atom. The predicted molar refractivity (Wildman–Crippen MR) is 111 cm³/mol. The first-order valence-corrected chi connectivity index (χ1v) is 10.5. The molecule has 1 heterocycles. The van der Waals surface area contributed by atoms with Crippen LogP contribution in [-0.4, -0.2) is 33.0 Å². The normalized spacial score (nSPS) is 13.7. The van der Waals surface area contributed by atoms with Gasteiger partial charge in [-0.1, -0.05) is 6.07 Å². The number of aromatic nitrogens is 3. The fraction of sp³-hybridized carbons (Fsp3) is 0.318. The van der Waals surface area contributed by atoms with Crippen molar-refractivity contribution in [3.8, 4) is 11.4 Å². The maximum atomic E-state index is 15.1. The van der Waals surface area contributed by atoms with E-state index in [1.54, 1.807) is 6.92 Å². The minimum Gasteiger partial charge on any atom is -0.483 e. The van der Waals surface area contributed by atoms with Crippen molar-refractivity contribution in [1.82, 2.24) is 14.3 Å². The van der Waals surface area contributed by atoms with Crippen LogP contribution in [0.25, 0.3) is 5.69 Å². The summed E-state index contributed by atoms with van der Waals surface area (Å²) in [4.78, 5) is 25.5. The Balaban J connectivity index is 1.79. The van der Waals surface area contributed by atoms with E-state index in [2.05, 4.69) is 5.10 Å². The average molecular weight is 500 g/mol. The second-order valence-electron chi connectivity index (χ2n) is 7.83. The van der Waals surface area contributed by atoms with Gasteiger partial charge in [-0.25, -0.2) is 18.0 Å². The third-order valence-electron chi connectivity index (χ3n) is 5.26. The molecule has 0 unspecified atom stereocenters. The van der Waals surface area contributed by atoms with Gasteiger partial charge in [0.25, 0.3) is 5.91 Å². The van der Waals surface area contributed by atoms with Crippen molar-refractivity contribution in [2.45, 2.75) is 38.4 Å². The van der Waals surface area contributed by atoms with E-state index in [1.165, 1.54) is 4.57 Å². The largest absolute Gasteiger partial charge is 0.483 e. The van der Waals surface area contributed by atoms with Crippen molar-refractivity contribution in [2.75, 3.05) is 11.9 Å². The minimum atomic E-state index is -4.82. The van der Waals surface area contributed by atoms with Gasteiger partial charge in [-0.15, -0.1) is 5.10 Å². The zero-order valence-electron chi connectivity index (χ0n) is 18.1. The molecule has 0 atom stereocenters. The maximum absolute atomic E-state index is 15.1. The molecule has 0 spiro atoms. The van der Waals surface area contributed by atoms with Gasteiger partial charge >= 0.3 is 11.9 Å². The number of nitrogens with zero attached hydrogens (tertiary/aromatic N) is 3. The Hall–Kier alpha value is -3.77. The first kappa shape index (κ1) is 24.4. The van der Waals surface area contributed by atoms with Gasteiger partial charge < -0.3 is 10.1 Å². The summed E-state index contributed by atoms with van der Waals surface area (Å²) in [5, 5.41) is 6.01. The lowest BCUT2D eigenvalue weighted by atomic mass is 10.1. The standard InChI is InChI=1S/C22H18F6N4O3/c1-2-31-19(11-6-7-11)30-32(21(31)34)16-9-17(35-10-22(26,27)28)12(8-15(16)25)20(33)29-18-13(23)4-3-5-14(18)24/h3-5,8-9,11H,2,6-7,10H2,1H3,(H,29,33). The summed E-state index contributed by atoms with van der Waals surface area (Å²) in [6, 6.07) is 3.96. The first-order valence-electron chi connectivity index (χ1n) is 10.5. The number of hydrogen-bond acceptors (Lipinski definition) is 4. The molecule has 1 saturated carbocycles. The van der Waals surface area contributed by atoms with Crippen LogP contribution in [0.2, 0.25) is 0 Å². The average Bonchev–Trinajstić information content (AvgIpc) is 3.58. The van der Waals surface area contributed by atoms with Gasteiger partial charge in [-0.2, -0.15) is 17.9 Å². The van der Waals surface area contributed by atoms with Gasteiger partial charge in [0.1, 0.15) is 40.4 Å². The van der Waals surface area contributed by atoms with E-state index in [-0.39, 0.29) is 12.5 Å². The zero-order valence-corrected chi connectivity index (χ0v) is 18.1. The van der Waals surface area contributed by atoms with Gasteiger partial charge in [0, 0.05) is 18.5 Å². The highest BCUT2D eigenvalue weighted by Crippen LogP contribution is 2.39. The summed E-state index contributed by atoms with van der Waals surface area (Å²) in [5.41, 5.74) is -2.92. The Morgan fingerprint density at radius 1 is 1.14 bits per heavy atom. The lowest BCUT2D eigenvalue weighted by Gasteiger charge is -2.15. The Kier molecular flexibility index (Phi) is 6.34. The van der Waals surface area contributed by atoms with Crippen molar-refractivity contribution in [3.63, 3.8) is 0 Å². The molecule has 0 radical (unpaired) electrons. The van der Waals surface area contributed by atoms with Crippen LogP contribution in [-0.2, 0) is 6.54 Å². The van der Waals surface area contributed by atoms with Crippen LogP contribution in [0.3, 0.4) is 0 Å². The number of hydrogen-bond donors (Lipinski definition) is 1. The molecular weight excluding hydrogens is 482 g/mol. The van der Waals surface area contributed by atoms with E-state index in [0.29, 0.717) is 16.6 Å². The molecule has 1 aliphatic carbocycles. The summed E-state index contributed by atoms with van der Waals surface area (Å²) in [5.74, 6) is -5.18. The Labute approximate surface area is 193 Å². The number of rotatable bonds is 7. The Bertz CT molecular complexity index is 1320. The number of para-hydroxylation sites is 1. The Morgan fingerprint density at radius 3 is 2.37 bits per heavy atom. The van der Waals surface area contributed by atoms with Crippen LogP contribution < -0.4 is 15.7 Å². The van der Waals surface area contributed by atoms with Crippen molar-refractivity contribution < 1.29 is 35.9 Å². The van der Waals surface area contributed by atoms with E-state index >= 15 is 4.39 Å². The summed E-state index contributed by atoms with van der Waals surface area (Å²) in [6.07, 6.45) is -3.26. The van der Waals surface area contributed by atoms with E-state index < -0.39 is 64.5 Å². The smallest absolute Gasteiger partial charge is 0.422 e. The number of carbonyl (C=O) groups is 1. The zero-order chi connectivity index (χ0) is 25.5. The molecule has 1 fully saturated rings. The number of ether oxygens (including phenoxy) is 1. The number of nitrogens with one attached hydrogen (secondary N) is 1. The molecule has 3 aromatic rings. The number of anilines is 1. The van der Waals surface area contributed by atoms with E-state index in [1.807, 2.05) is 5.32 Å². The molecule has 1 N–H and O–H groups in total. The van der Waals surface area contributed by atoms with E-state index in [0.717, 1.165) is 37.1 Å². The van der Waals surface area contributed by atoms with Crippen LogP contribution in [0, 0.1) is 17.5 Å². The van der Waals surface area contributed by atoms with Crippen molar-refractivity contribution in [3.05, 3.63) is 69.7 Å². The molecule has 1 aromatic heterocycles. The third kappa shape index (κ3) is 5.03. The van der Waals surface area contributed by atoms with Crippen LogP contribution in [0.15, 0.2) is 35.1 Å². The van der Waals surface area contributed by atoms with Crippen molar-refractivity contribution >= 4 is 11.6 Å².